The van der Waals surface area contributed by atoms with Crippen molar-refractivity contribution in [3.8, 4) is 11.8 Å². The average Bonchev–Trinajstić information content (AvgIpc) is 2.65. The number of esters is 1. The topological polar surface area (TPSA) is 76.5 Å². The van der Waals surface area contributed by atoms with Gasteiger partial charge in [-0.25, -0.2) is 9.78 Å². The number of aromatic nitrogens is 1. The summed E-state index contributed by atoms with van der Waals surface area (Å²) in [6.07, 6.45) is -0.0620. The van der Waals surface area contributed by atoms with Crippen LogP contribution < -0.4 is 0 Å². The molecule has 0 aromatic carbocycles. The number of carboxylic acid groups (broad SMARTS) is 1. The minimum atomic E-state index is -1.13. The lowest BCUT2D eigenvalue weighted by Crippen LogP contribution is -1.99. The highest BCUT2D eigenvalue weighted by atomic mass is 32.1. The summed E-state index contributed by atoms with van der Waals surface area (Å²) in [6, 6.07) is 0. The second kappa shape index (κ2) is 5.12. The van der Waals surface area contributed by atoms with Crippen LogP contribution >= 0.6 is 11.3 Å². The number of rotatable bonds is 2. The van der Waals surface area contributed by atoms with Gasteiger partial charge in [0.15, 0.2) is 5.69 Å². The van der Waals surface area contributed by atoms with Gasteiger partial charge in [-0.15, -0.1) is 11.3 Å². The van der Waals surface area contributed by atoms with Crippen molar-refractivity contribution in [2.45, 2.75) is 6.42 Å². The van der Waals surface area contributed by atoms with Gasteiger partial charge in [0, 0.05) is 0 Å². The number of aromatic carboxylic acids is 1. The van der Waals surface area contributed by atoms with Crippen molar-refractivity contribution < 1.29 is 19.4 Å². The maximum absolute atomic E-state index is 10.7. The Morgan fingerprint density at radius 3 is 3.00 bits per heavy atom. The van der Waals surface area contributed by atoms with Gasteiger partial charge in [0.05, 0.1) is 12.6 Å². The van der Waals surface area contributed by atoms with Gasteiger partial charge in [0.2, 0.25) is 0 Å². The van der Waals surface area contributed by atoms with Crippen LogP contribution in [0.4, 0.5) is 0 Å². The fraction of sp³-hybridized carbons (Fsp3) is 0.222. The SMILES string of the molecule is COC(=O)CC#Cc1scnc1C(=O)O. The van der Waals surface area contributed by atoms with E-state index in [1.54, 1.807) is 0 Å². The first-order valence-electron chi connectivity index (χ1n) is 3.87. The van der Waals surface area contributed by atoms with Gasteiger partial charge in [-0.1, -0.05) is 11.8 Å². The van der Waals surface area contributed by atoms with Crippen molar-refractivity contribution in [2.75, 3.05) is 7.11 Å². The maximum Gasteiger partial charge on any atom is 0.356 e. The van der Waals surface area contributed by atoms with Gasteiger partial charge in [-0.2, -0.15) is 0 Å². The van der Waals surface area contributed by atoms with Crippen molar-refractivity contribution in [2.24, 2.45) is 0 Å². The highest BCUT2D eigenvalue weighted by Gasteiger charge is 2.10. The normalized spacial score (nSPS) is 8.87. The van der Waals surface area contributed by atoms with E-state index in [0.29, 0.717) is 4.88 Å². The lowest BCUT2D eigenvalue weighted by atomic mass is 10.3. The van der Waals surface area contributed by atoms with E-state index in [1.165, 1.54) is 12.6 Å². The quantitative estimate of drug-likeness (QED) is 0.593. The summed E-state index contributed by atoms with van der Waals surface area (Å²) in [5.41, 5.74) is 1.31. The predicted molar refractivity (Wildman–Crippen MR) is 52.6 cm³/mol. The third kappa shape index (κ3) is 3.07. The Bertz CT molecular complexity index is 440. The Balaban J connectivity index is 2.76. The second-order valence-corrected chi connectivity index (χ2v) is 3.24. The van der Waals surface area contributed by atoms with E-state index in [4.69, 9.17) is 5.11 Å². The molecular weight excluding hydrogens is 218 g/mol. The van der Waals surface area contributed by atoms with Gasteiger partial charge in [-0.05, 0) is 0 Å². The molecule has 0 fully saturated rings. The van der Waals surface area contributed by atoms with Crippen LogP contribution in [0, 0.1) is 11.8 Å². The lowest BCUT2D eigenvalue weighted by Gasteiger charge is -1.89. The summed E-state index contributed by atoms with van der Waals surface area (Å²) >= 11 is 1.12. The van der Waals surface area contributed by atoms with Crippen molar-refractivity contribution in [1.29, 1.82) is 0 Å². The van der Waals surface area contributed by atoms with E-state index in [2.05, 4.69) is 21.6 Å². The van der Waals surface area contributed by atoms with Crippen molar-refractivity contribution in [1.82, 2.24) is 4.98 Å². The zero-order valence-corrected chi connectivity index (χ0v) is 8.63. The molecule has 1 N–H and O–H groups in total. The first-order chi connectivity index (χ1) is 7.15. The van der Waals surface area contributed by atoms with E-state index >= 15 is 0 Å². The van der Waals surface area contributed by atoms with Crippen LogP contribution in [0.15, 0.2) is 5.51 Å². The van der Waals surface area contributed by atoms with E-state index in [-0.39, 0.29) is 12.1 Å². The molecule has 0 spiro atoms. The molecule has 0 amide bonds. The summed E-state index contributed by atoms with van der Waals surface area (Å²) in [7, 11) is 1.26. The Kier molecular flexibility index (Phi) is 3.83. The minimum Gasteiger partial charge on any atom is -0.476 e. The number of thiazole rings is 1. The van der Waals surface area contributed by atoms with Crippen LogP contribution in [0.2, 0.25) is 0 Å². The van der Waals surface area contributed by atoms with E-state index in [9.17, 15) is 9.59 Å². The molecule has 0 aliphatic heterocycles. The summed E-state index contributed by atoms with van der Waals surface area (Å²) in [4.78, 5) is 25.3. The molecule has 15 heavy (non-hydrogen) atoms. The molecule has 1 aromatic heterocycles. The molecule has 5 nitrogen and oxygen atoms in total. The van der Waals surface area contributed by atoms with Gasteiger partial charge in [0.25, 0.3) is 0 Å². The number of carboxylic acids is 1. The molecule has 0 atom stereocenters. The van der Waals surface area contributed by atoms with Gasteiger partial charge >= 0.3 is 11.9 Å². The number of ether oxygens (including phenoxy) is 1. The summed E-state index contributed by atoms with van der Waals surface area (Å²) in [5.74, 6) is 3.50. The Hall–Kier alpha value is -1.87. The van der Waals surface area contributed by atoms with Gasteiger partial charge in [0.1, 0.15) is 11.3 Å². The molecule has 0 radical (unpaired) electrons. The fourth-order valence-corrected chi connectivity index (χ4v) is 1.40. The monoisotopic (exact) mass is 225 g/mol. The van der Waals surface area contributed by atoms with Crippen LogP contribution in [0.3, 0.4) is 0 Å². The Morgan fingerprint density at radius 2 is 2.40 bits per heavy atom. The first kappa shape index (κ1) is 11.2. The number of hydrogen-bond acceptors (Lipinski definition) is 5. The lowest BCUT2D eigenvalue weighted by molar-refractivity contribution is -0.139. The predicted octanol–water partition coefficient (Wildman–Crippen LogP) is 0.756. The number of carbonyl (C=O) groups excluding carboxylic acids is 1. The largest absolute Gasteiger partial charge is 0.476 e. The first-order valence-corrected chi connectivity index (χ1v) is 4.75. The smallest absolute Gasteiger partial charge is 0.356 e. The van der Waals surface area contributed by atoms with Crippen LogP contribution in [-0.4, -0.2) is 29.1 Å². The molecule has 0 unspecified atom stereocenters. The zero-order chi connectivity index (χ0) is 11.3. The molecule has 1 heterocycles. The molecule has 1 aromatic rings. The van der Waals surface area contributed by atoms with Crippen LogP contribution in [-0.2, 0) is 9.53 Å². The third-order valence-electron chi connectivity index (χ3n) is 1.43. The molecular formula is C9H7NO4S. The standard InChI is InChI=1S/C9H7NO4S/c1-14-7(11)4-2-3-6-8(9(12)13)10-5-15-6/h5H,4H2,1H3,(H,12,13). The molecule has 0 aliphatic carbocycles. The van der Waals surface area contributed by atoms with Crippen molar-refractivity contribution in [3.63, 3.8) is 0 Å². The summed E-state index contributed by atoms with van der Waals surface area (Å²) in [6.45, 7) is 0. The molecule has 6 heteroatoms. The number of carbonyl (C=O) groups is 2. The number of nitrogens with zero attached hydrogens (tertiary/aromatic N) is 1. The Labute approximate surface area is 89.7 Å². The third-order valence-corrected chi connectivity index (χ3v) is 2.17. The summed E-state index contributed by atoms with van der Waals surface area (Å²) < 4.78 is 4.38. The molecule has 78 valence electrons. The van der Waals surface area contributed by atoms with Crippen LogP contribution in [0.25, 0.3) is 0 Å². The van der Waals surface area contributed by atoms with E-state index in [1.807, 2.05) is 0 Å². The number of methoxy groups -OCH3 is 1. The summed E-state index contributed by atoms with van der Waals surface area (Å²) in [5, 5.41) is 8.69. The van der Waals surface area contributed by atoms with E-state index < -0.39 is 11.9 Å². The molecule has 1 rings (SSSR count). The molecule has 0 aliphatic rings. The fourth-order valence-electron chi connectivity index (χ4n) is 0.756. The molecule has 0 saturated carbocycles. The average molecular weight is 225 g/mol. The van der Waals surface area contributed by atoms with Gasteiger partial charge < -0.3 is 9.84 Å². The maximum atomic E-state index is 10.7. The molecule has 0 bridgehead atoms. The second-order valence-electron chi connectivity index (χ2n) is 2.39. The number of hydrogen-bond donors (Lipinski definition) is 1. The van der Waals surface area contributed by atoms with E-state index in [0.717, 1.165) is 11.3 Å². The highest BCUT2D eigenvalue weighted by Crippen LogP contribution is 2.11. The minimum absolute atomic E-state index is 0.0620. The van der Waals surface area contributed by atoms with Crippen molar-refractivity contribution >= 4 is 23.3 Å². The van der Waals surface area contributed by atoms with Gasteiger partial charge in [-0.3, -0.25) is 4.79 Å². The molecule has 0 saturated heterocycles. The highest BCUT2D eigenvalue weighted by molar-refractivity contribution is 7.10. The van der Waals surface area contributed by atoms with Crippen LogP contribution in [0.1, 0.15) is 21.8 Å². The van der Waals surface area contributed by atoms with Crippen LogP contribution in [0.5, 0.6) is 0 Å². The van der Waals surface area contributed by atoms with Crippen molar-refractivity contribution in [3.05, 3.63) is 16.1 Å². The Morgan fingerprint density at radius 1 is 1.67 bits per heavy atom. The zero-order valence-electron chi connectivity index (χ0n) is 7.81.